The smallest absolute Gasteiger partial charge is 0.332 e. The number of carbonyl (C=O) groups is 1. The molecule has 1 atom stereocenters. The Hall–Kier alpha value is -1.06. The zero-order chi connectivity index (χ0) is 10.6. The Morgan fingerprint density at radius 2 is 2.07 bits per heavy atom. The second-order valence-electron chi connectivity index (χ2n) is 4.06. The summed E-state index contributed by atoms with van der Waals surface area (Å²) >= 11 is 0. The zero-order valence-electron chi connectivity index (χ0n) is 8.92. The van der Waals surface area contributed by atoms with E-state index in [4.69, 9.17) is 5.73 Å². The minimum absolute atomic E-state index is 0.448. The first-order valence-electron chi connectivity index (χ1n) is 5.21. The van der Waals surface area contributed by atoms with Gasteiger partial charge in [0.05, 0.1) is 0 Å². The van der Waals surface area contributed by atoms with Gasteiger partial charge in [0.25, 0.3) is 0 Å². The van der Waals surface area contributed by atoms with Crippen molar-refractivity contribution < 1.29 is 4.79 Å². The summed E-state index contributed by atoms with van der Waals surface area (Å²) in [6, 6.07) is -0.594. The van der Waals surface area contributed by atoms with Gasteiger partial charge in [-0.3, -0.25) is 0 Å². The van der Waals surface area contributed by atoms with Crippen LogP contribution in [0.4, 0.5) is 4.79 Å². The minimum Gasteiger partial charge on any atom is -0.350 e. The molecule has 0 heterocycles. The number of hydrogen-bond acceptors (Lipinski definition) is 2. The zero-order valence-corrected chi connectivity index (χ0v) is 8.92. The fourth-order valence-electron chi connectivity index (χ4n) is 2.04. The number of hydrazone groups is 1. The fourth-order valence-corrected chi connectivity index (χ4v) is 2.04. The molecule has 0 aromatic heterocycles. The molecule has 14 heavy (non-hydrogen) atoms. The summed E-state index contributed by atoms with van der Waals surface area (Å²) in [6.45, 7) is 4.11. The van der Waals surface area contributed by atoms with Crippen molar-refractivity contribution in [3.63, 3.8) is 0 Å². The molecule has 1 fully saturated rings. The predicted molar refractivity (Wildman–Crippen MR) is 57.0 cm³/mol. The molecule has 0 aliphatic heterocycles. The van der Waals surface area contributed by atoms with Gasteiger partial charge in [-0.15, -0.1) is 0 Å². The van der Waals surface area contributed by atoms with Crippen molar-refractivity contribution in [3.8, 4) is 0 Å². The van der Waals surface area contributed by atoms with E-state index in [0.29, 0.717) is 5.92 Å². The predicted octanol–water partition coefficient (Wildman–Crippen LogP) is 1.86. The Balaban J connectivity index is 2.45. The van der Waals surface area contributed by atoms with E-state index in [1.54, 1.807) is 0 Å². The lowest BCUT2D eigenvalue weighted by Gasteiger charge is -2.18. The summed E-state index contributed by atoms with van der Waals surface area (Å²) < 4.78 is 0. The third-order valence-electron chi connectivity index (χ3n) is 3.11. The number of hydrogen-bond donors (Lipinski definition) is 2. The first-order chi connectivity index (χ1) is 6.61. The molecule has 0 bridgehead atoms. The third kappa shape index (κ3) is 3.01. The molecule has 1 rings (SSSR count). The van der Waals surface area contributed by atoms with Crippen LogP contribution in [0.1, 0.15) is 39.5 Å². The Kier molecular flexibility index (Phi) is 3.92. The number of rotatable bonds is 3. The molecule has 80 valence electrons. The molecule has 0 radical (unpaired) electrons. The molecular formula is C10H19N3O. The van der Waals surface area contributed by atoms with E-state index in [0.717, 1.165) is 11.6 Å². The Bertz CT molecular complexity index is 232. The average molecular weight is 197 g/mol. The van der Waals surface area contributed by atoms with Crippen molar-refractivity contribution in [1.29, 1.82) is 0 Å². The highest BCUT2D eigenvalue weighted by molar-refractivity contribution is 5.85. The summed E-state index contributed by atoms with van der Waals surface area (Å²) in [6.07, 6.45) is 5.21. The molecule has 4 heteroatoms. The molecular weight excluding hydrogens is 178 g/mol. The van der Waals surface area contributed by atoms with Crippen LogP contribution in [0.2, 0.25) is 0 Å². The standard InChI is InChI=1S/C10H19N3O/c1-7(9-5-3-4-6-9)8(2)12-13-10(11)14/h7,9H,3-6H2,1-2H3,(H3,11,13,14)/b12-8+. The highest BCUT2D eigenvalue weighted by atomic mass is 16.2. The largest absolute Gasteiger partial charge is 0.350 e. The molecule has 0 aromatic rings. The maximum absolute atomic E-state index is 10.5. The van der Waals surface area contributed by atoms with Crippen LogP contribution in [-0.4, -0.2) is 11.7 Å². The number of urea groups is 1. The lowest BCUT2D eigenvalue weighted by atomic mass is 9.89. The van der Waals surface area contributed by atoms with Crippen LogP contribution in [0.3, 0.4) is 0 Å². The molecule has 1 unspecified atom stereocenters. The van der Waals surface area contributed by atoms with Crippen LogP contribution in [0.5, 0.6) is 0 Å². The fraction of sp³-hybridized carbons (Fsp3) is 0.800. The van der Waals surface area contributed by atoms with Crippen molar-refractivity contribution in [2.75, 3.05) is 0 Å². The van der Waals surface area contributed by atoms with Crippen LogP contribution in [0.15, 0.2) is 5.10 Å². The van der Waals surface area contributed by atoms with Gasteiger partial charge in [0, 0.05) is 5.71 Å². The van der Waals surface area contributed by atoms with Gasteiger partial charge in [-0.05, 0) is 31.6 Å². The van der Waals surface area contributed by atoms with Gasteiger partial charge in [-0.2, -0.15) is 5.10 Å². The third-order valence-corrected chi connectivity index (χ3v) is 3.11. The lowest BCUT2D eigenvalue weighted by Crippen LogP contribution is -2.27. The quantitative estimate of drug-likeness (QED) is 0.526. The van der Waals surface area contributed by atoms with Crippen LogP contribution in [-0.2, 0) is 0 Å². The lowest BCUT2D eigenvalue weighted by molar-refractivity contribution is 0.249. The molecule has 1 aliphatic rings. The molecule has 1 aliphatic carbocycles. The molecule has 0 aromatic carbocycles. The second kappa shape index (κ2) is 4.98. The molecule has 2 amide bonds. The van der Waals surface area contributed by atoms with Gasteiger partial charge < -0.3 is 5.73 Å². The monoisotopic (exact) mass is 197 g/mol. The molecule has 4 nitrogen and oxygen atoms in total. The highest BCUT2D eigenvalue weighted by Gasteiger charge is 2.23. The van der Waals surface area contributed by atoms with Crippen molar-refractivity contribution in [1.82, 2.24) is 5.43 Å². The molecule has 0 spiro atoms. The van der Waals surface area contributed by atoms with Crippen molar-refractivity contribution >= 4 is 11.7 Å². The number of primary amides is 1. The van der Waals surface area contributed by atoms with E-state index in [9.17, 15) is 4.79 Å². The number of carbonyl (C=O) groups excluding carboxylic acids is 1. The van der Waals surface area contributed by atoms with Gasteiger partial charge in [-0.25, -0.2) is 10.2 Å². The number of nitrogens with two attached hydrogens (primary N) is 1. The summed E-state index contributed by atoms with van der Waals surface area (Å²) in [7, 11) is 0. The summed E-state index contributed by atoms with van der Waals surface area (Å²) in [5.74, 6) is 1.18. The summed E-state index contributed by atoms with van der Waals surface area (Å²) in [5.41, 5.74) is 8.18. The summed E-state index contributed by atoms with van der Waals surface area (Å²) in [5, 5.41) is 3.96. The minimum atomic E-state index is -0.594. The van der Waals surface area contributed by atoms with Crippen molar-refractivity contribution in [3.05, 3.63) is 0 Å². The maximum atomic E-state index is 10.5. The highest BCUT2D eigenvalue weighted by Crippen LogP contribution is 2.31. The molecule has 1 saturated carbocycles. The van der Waals surface area contributed by atoms with Crippen LogP contribution < -0.4 is 11.2 Å². The van der Waals surface area contributed by atoms with Gasteiger partial charge in [-0.1, -0.05) is 19.8 Å². The second-order valence-corrected chi connectivity index (χ2v) is 4.06. The van der Waals surface area contributed by atoms with Gasteiger partial charge in [0.1, 0.15) is 0 Å². The summed E-state index contributed by atoms with van der Waals surface area (Å²) in [4.78, 5) is 10.5. The Labute approximate surface area is 84.9 Å². The Morgan fingerprint density at radius 1 is 1.50 bits per heavy atom. The topological polar surface area (TPSA) is 67.5 Å². The first-order valence-corrected chi connectivity index (χ1v) is 5.21. The van der Waals surface area contributed by atoms with Gasteiger partial charge in [0.15, 0.2) is 0 Å². The first kappa shape index (κ1) is 11.0. The SMILES string of the molecule is C/C(=N\NC(N)=O)C(C)C1CCCC1. The molecule has 0 saturated heterocycles. The van der Waals surface area contributed by atoms with E-state index in [1.807, 2.05) is 6.92 Å². The maximum Gasteiger partial charge on any atom is 0.332 e. The number of amides is 2. The van der Waals surface area contributed by atoms with Crippen LogP contribution in [0, 0.1) is 11.8 Å². The van der Waals surface area contributed by atoms with E-state index < -0.39 is 6.03 Å². The number of nitrogens with one attached hydrogen (secondary N) is 1. The van der Waals surface area contributed by atoms with E-state index in [2.05, 4.69) is 17.5 Å². The average Bonchev–Trinajstić information content (AvgIpc) is 2.65. The van der Waals surface area contributed by atoms with Crippen LogP contribution >= 0.6 is 0 Å². The molecule has 3 N–H and O–H groups in total. The number of nitrogens with zero attached hydrogens (tertiary/aromatic N) is 1. The van der Waals surface area contributed by atoms with E-state index in [-0.39, 0.29) is 0 Å². The Morgan fingerprint density at radius 3 is 2.57 bits per heavy atom. The van der Waals surface area contributed by atoms with Crippen molar-refractivity contribution in [2.24, 2.45) is 22.7 Å². The van der Waals surface area contributed by atoms with E-state index >= 15 is 0 Å². The van der Waals surface area contributed by atoms with E-state index in [1.165, 1.54) is 25.7 Å². The van der Waals surface area contributed by atoms with Crippen LogP contribution in [0.25, 0.3) is 0 Å². The normalized spacial score (nSPS) is 20.9. The van der Waals surface area contributed by atoms with Crippen molar-refractivity contribution in [2.45, 2.75) is 39.5 Å². The van der Waals surface area contributed by atoms with Gasteiger partial charge >= 0.3 is 6.03 Å². The van der Waals surface area contributed by atoms with Gasteiger partial charge in [0.2, 0.25) is 0 Å².